The number of nitrogens with one attached hydrogen (secondary N) is 1. The van der Waals surface area contributed by atoms with Gasteiger partial charge in [-0.3, -0.25) is 9.59 Å². The van der Waals surface area contributed by atoms with Crippen LogP contribution in [-0.4, -0.2) is 18.4 Å². The molecule has 0 spiro atoms. The van der Waals surface area contributed by atoms with Gasteiger partial charge < -0.3 is 11.1 Å². The number of carbonyl (C=O) groups excluding carboxylic acids is 2. The van der Waals surface area contributed by atoms with Gasteiger partial charge in [-0.25, -0.2) is 0 Å². The van der Waals surface area contributed by atoms with E-state index >= 15 is 0 Å². The summed E-state index contributed by atoms with van der Waals surface area (Å²) in [5, 5.41) is 10.8. The molecule has 0 unspecified atom stereocenters. The van der Waals surface area contributed by atoms with E-state index in [1.165, 1.54) is 0 Å². The zero-order valence-electron chi connectivity index (χ0n) is 10.2. The van der Waals surface area contributed by atoms with Crippen molar-refractivity contribution in [3.05, 3.63) is 0 Å². The van der Waals surface area contributed by atoms with Crippen molar-refractivity contribution < 1.29 is 9.59 Å². The first-order valence-electron chi connectivity index (χ1n) is 6.08. The standard InChI is InChI=1S/C12H21N3O2/c13-9-10-15-12(17)8-6-4-2-1-3-5-7-11(14)16/h1-8,10H2,(H2,14,16)(H,15,17). The van der Waals surface area contributed by atoms with E-state index in [9.17, 15) is 9.59 Å². The quantitative estimate of drug-likeness (QED) is 0.443. The second-order valence-corrected chi connectivity index (χ2v) is 4.02. The SMILES string of the molecule is N#CCNC(=O)CCCCCCCCC(N)=O. The van der Waals surface area contributed by atoms with Gasteiger partial charge in [-0.05, 0) is 12.8 Å². The van der Waals surface area contributed by atoms with Gasteiger partial charge in [0.1, 0.15) is 6.54 Å². The number of unbranched alkanes of at least 4 members (excludes halogenated alkanes) is 5. The van der Waals surface area contributed by atoms with Crippen molar-refractivity contribution >= 4 is 11.8 Å². The van der Waals surface area contributed by atoms with Crippen LogP contribution in [0.3, 0.4) is 0 Å². The predicted molar refractivity (Wildman–Crippen MR) is 64.8 cm³/mol. The number of nitrogens with two attached hydrogens (primary N) is 1. The molecule has 3 N–H and O–H groups in total. The lowest BCUT2D eigenvalue weighted by molar-refractivity contribution is -0.121. The first kappa shape index (κ1) is 15.4. The van der Waals surface area contributed by atoms with Crippen molar-refractivity contribution in [1.82, 2.24) is 5.32 Å². The Morgan fingerprint density at radius 1 is 1.00 bits per heavy atom. The number of carbonyl (C=O) groups is 2. The summed E-state index contributed by atoms with van der Waals surface area (Å²) < 4.78 is 0. The highest BCUT2D eigenvalue weighted by molar-refractivity contribution is 5.76. The van der Waals surface area contributed by atoms with E-state index in [0.717, 1.165) is 38.5 Å². The van der Waals surface area contributed by atoms with Crippen molar-refractivity contribution in [3.8, 4) is 6.07 Å². The van der Waals surface area contributed by atoms with Crippen LogP contribution in [0.2, 0.25) is 0 Å². The summed E-state index contributed by atoms with van der Waals surface area (Å²) in [7, 11) is 0. The van der Waals surface area contributed by atoms with Gasteiger partial charge in [-0.15, -0.1) is 0 Å². The van der Waals surface area contributed by atoms with Gasteiger partial charge in [0.15, 0.2) is 0 Å². The highest BCUT2D eigenvalue weighted by atomic mass is 16.1. The van der Waals surface area contributed by atoms with Gasteiger partial charge >= 0.3 is 0 Å². The van der Waals surface area contributed by atoms with Gasteiger partial charge in [-0.1, -0.05) is 25.7 Å². The van der Waals surface area contributed by atoms with Crippen LogP contribution in [0.5, 0.6) is 0 Å². The summed E-state index contributed by atoms with van der Waals surface area (Å²) in [5.41, 5.74) is 5.02. The molecule has 0 aliphatic heterocycles. The largest absolute Gasteiger partial charge is 0.370 e. The van der Waals surface area contributed by atoms with Crippen LogP contribution >= 0.6 is 0 Å². The highest BCUT2D eigenvalue weighted by Crippen LogP contribution is 2.08. The van der Waals surface area contributed by atoms with Crippen LogP contribution in [0, 0.1) is 11.3 Å². The molecule has 2 amide bonds. The molecule has 5 heteroatoms. The first-order chi connectivity index (χ1) is 8.16. The van der Waals surface area contributed by atoms with E-state index in [1.54, 1.807) is 0 Å². The number of primary amides is 1. The molecule has 0 aromatic rings. The molecule has 5 nitrogen and oxygen atoms in total. The number of amides is 2. The van der Waals surface area contributed by atoms with E-state index in [2.05, 4.69) is 5.32 Å². The maximum absolute atomic E-state index is 11.1. The number of nitriles is 1. The maximum atomic E-state index is 11.1. The Kier molecular flexibility index (Phi) is 9.92. The minimum Gasteiger partial charge on any atom is -0.370 e. The maximum Gasteiger partial charge on any atom is 0.220 e. The fraction of sp³-hybridized carbons (Fsp3) is 0.750. The Morgan fingerprint density at radius 3 is 2.06 bits per heavy atom. The smallest absolute Gasteiger partial charge is 0.220 e. The molecule has 0 aliphatic carbocycles. The second-order valence-electron chi connectivity index (χ2n) is 4.02. The summed E-state index contributed by atoms with van der Waals surface area (Å²) in [6, 6.07) is 1.86. The Labute approximate surface area is 102 Å². The van der Waals surface area contributed by atoms with Gasteiger partial charge in [-0.2, -0.15) is 5.26 Å². The third-order valence-electron chi connectivity index (χ3n) is 2.44. The molecule has 0 heterocycles. The minimum absolute atomic E-state index is 0.0553. The van der Waals surface area contributed by atoms with E-state index in [-0.39, 0.29) is 18.4 Å². The van der Waals surface area contributed by atoms with E-state index in [1.807, 2.05) is 6.07 Å². The van der Waals surface area contributed by atoms with Crippen LogP contribution in [-0.2, 0) is 9.59 Å². The molecule has 0 aromatic heterocycles. The molecule has 0 bridgehead atoms. The van der Waals surface area contributed by atoms with E-state index in [4.69, 9.17) is 11.0 Å². The average Bonchev–Trinajstić information content (AvgIpc) is 2.29. The lowest BCUT2D eigenvalue weighted by Crippen LogP contribution is -2.22. The van der Waals surface area contributed by atoms with Crippen LogP contribution < -0.4 is 11.1 Å². The van der Waals surface area contributed by atoms with Crippen LogP contribution in [0.1, 0.15) is 51.4 Å². The molecule has 0 saturated heterocycles. The highest BCUT2D eigenvalue weighted by Gasteiger charge is 1.99. The van der Waals surface area contributed by atoms with Crippen molar-refractivity contribution in [2.75, 3.05) is 6.54 Å². The third kappa shape index (κ3) is 12.4. The molecule has 17 heavy (non-hydrogen) atoms. The van der Waals surface area contributed by atoms with Gasteiger partial charge in [0, 0.05) is 12.8 Å². The summed E-state index contributed by atoms with van der Waals surface area (Å²) in [4.78, 5) is 21.5. The minimum atomic E-state index is -0.237. The number of nitrogens with zero attached hydrogens (tertiary/aromatic N) is 1. The number of rotatable bonds is 10. The summed E-state index contributed by atoms with van der Waals surface area (Å²) in [5.74, 6) is -0.292. The van der Waals surface area contributed by atoms with Crippen LogP contribution in [0.15, 0.2) is 0 Å². The Morgan fingerprint density at radius 2 is 1.53 bits per heavy atom. The lowest BCUT2D eigenvalue weighted by Gasteiger charge is -2.01. The molecule has 0 saturated carbocycles. The molecular formula is C12H21N3O2. The summed E-state index contributed by atoms with van der Waals surface area (Å²) in [6.07, 6.45) is 6.85. The molecule has 0 fully saturated rings. The summed E-state index contributed by atoms with van der Waals surface area (Å²) >= 11 is 0. The van der Waals surface area contributed by atoms with E-state index < -0.39 is 0 Å². The second kappa shape index (κ2) is 10.9. The Balaban J connectivity index is 3.16. The molecule has 0 radical (unpaired) electrons. The summed E-state index contributed by atoms with van der Waals surface area (Å²) in [6.45, 7) is 0.0892. The van der Waals surface area contributed by atoms with Crippen LogP contribution in [0.4, 0.5) is 0 Å². The first-order valence-corrected chi connectivity index (χ1v) is 6.08. The molecular weight excluding hydrogens is 218 g/mol. The zero-order valence-corrected chi connectivity index (χ0v) is 10.2. The molecule has 0 aliphatic rings. The van der Waals surface area contributed by atoms with E-state index in [0.29, 0.717) is 12.8 Å². The normalized spacial score (nSPS) is 9.59. The molecule has 0 aromatic carbocycles. The fourth-order valence-corrected chi connectivity index (χ4v) is 1.52. The molecule has 96 valence electrons. The monoisotopic (exact) mass is 239 g/mol. The fourth-order valence-electron chi connectivity index (χ4n) is 1.52. The number of hydrogen-bond acceptors (Lipinski definition) is 3. The van der Waals surface area contributed by atoms with Crippen molar-refractivity contribution in [2.24, 2.45) is 5.73 Å². The Hall–Kier alpha value is -1.57. The molecule has 0 atom stereocenters. The zero-order chi connectivity index (χ0) is 12.9. The Bertz CT molecular complexity index is 271. The van der Waals surface area contributed by atoms with Gasteiger partial charge in [0.25, 0.3) is 0 Å². The van der Waals surface area contributed by atoms with Crippen LogP contribution in [0.25, 0.3) is 0 Å². The average molecular weight is 239 g/mol. The predicted octanol–water partition coefficient (Wildman–Crippen LogP) is 1.23. The van der Waals surface area contributed by atoms with Gasteiger partial charge in [0.2, 0.25) is 11.8 Å². The van der Waals surface area contributed by atoms with Crippen molar-refractivity contribution in [3.63, 3.8) is 0 Å². The van der Waals surface area contributed by atoms with Gasteiger partial charge in [0.05, 0.1) is 6.07 Å². The topological polar surface area (TPSA) is 96.0 Å². The third-order valence-corrected chi connectivity index (χ3v) is 2.44. The lowest BCUT2D eigenvalue weighted by atomic mass is 10.1. The molecule has 0 rings (SSSR count). The number of hydrogen-bond donors (Lipinski definition) is 2. The van der Waals surface area contributed by atoms with Crippen molar-refractivity contribution in [2.45, 2.75) is 51.4 Å². The van der Waals surface area contributed by atoms with Crippen molar-refractivity contribution in [1.29, 1.82) is 5.26 Å².